The lowest BCUT2D eigenvalue weighted by Crippen LogP contribution is -2.43. The predicted molar refractivity (Wildman–Crippen MR) is 158 cm³/mol. The summed E-state index contributed by atoms with van der Waals surface area (Å²) in [6.45, 7) is 0.318. The van der Waals surface area contributed by atoms with E-state index in [1.165, 1.54) is 5.06 Å². The minimum atomic E-state index is -0.540. The zero-order chi connectivity index (χ0) is 28.0. The molecule has 210 valence electrons. The number of amides is 3. The molecule has 2 N–H and O–H groups in total. The van der Waals surface area contributed by atoms with Crippen molar-refractivity contribution in [1.29, 1.82) is 0 Å². The largest absolute Gasteiger partial charge is 0.338 e. The molecule has 1 aromatic heterocycles. The Morgan fingerprint density at radius 2 is 1.77 bits per heavy atom. The molecule has 3 aromatic rings. The number of carbonyl (C=O) groups is 3. The minimum Gasteiger partial charge on any atom is -0.338 e. The first kappa shape index (κ1) is 28.4. The van der Waals surface area contributed by atoms with Crippen molar-refractivity contribution in [2.75, 3.05) is 19.8 Å². The lowest BCUT2D eigenvalue weighted by molar-refractivity contribution is -0.173. The van der Waals surface area contributed by atoms with E-state index in [1.807, 2.05) is 78.9 Å². The monoisotopic (exact) mass is 542 g/mol. The number of hydrogen-bond donors (Lipinski definition) is 2. The highest BCUT2D eigenvalue weighted by atomic mass is 16.7. The van der Waals surface area contributed by atoms with Gasteiger partial charge in [0.15, 0.2) is 0 Å². The Hall–Kier alpha value is -4.56. The van der Waals surface area contributed by atoms with E-state index in [2.05, 4.69) is 21.7 Å². The van der Waals surface area contributed by atoms with Gasteiger partial charge in [-0.25, -0.2) is 10.0 Å². The highest BCUT2D eigenvalue weighted by molar-refractivity contribution is 5.93. The van der Waals surface area contributed by atoms with Crippen molar-refractivity contribution >= 4 is 18.2 Å². The Kier molecular flexibility index (Phi) is 10.8. The van der Waals surface area contributed by atoms with Crippen LogP contribution in [0.15, 0.2) is 103 Å². The lowest BCUT2D eigenvalue weighted by Gasteiger charge is -2.24. The van der Waals surface area contributed by atoms with E-state index in [0.717, 1.165) is 29.5 Å². The number of carbonyl (C=O) groups excluding carboxylic acids is 3. The second-order valence-electron chi connectivity index (χ2n) is 9.49. The van der Waals surface area contributed by atoms with E-state index in [4.69, 9.17) is 4.84 Å². The van der Waals surface area contributed by atoms with Crippen molar-refractivity contribution in [1.82, 2.24) is 20.7 Å². The molecule has 40 heavy (non-hydrogen) atoms. The van der Waals surface area contributed by atoms with Crippen LogP contribution < -0.4 is 10.6 Å². The molecule has 8 nitrogen and oxygen atoms in total. The molecular weight excluding hydrogens is 504 g/mol. The molecule has 3 amide bonds. The third-order valence-corrected chi connectivity index (χ3v) is 6.59. The van der Waals surface area contributed by atoms with Crippen LogP contribution >= 0.6 is 0 Å². The SMILES string of the molecule is O=CN(C[C@@H](CCc1ccccc1)C(=O)NCNC(=O)c1cccc(-c2ccccc2)n1)OCC1=CC=CCC1.[HH].[HH]. The van der Waals surface area contributed by atoms with Gasteiger partial charge in [-0.15, -0.1) is 0 Å². The van der Waals surface area contributed by atoms with E-state index in [0.29, 0.717) is 31.6 Å². The van der Waals surface area contributed by atoms with Crippen molar-refractivity contribution < 1.29 is 22.1 Å². The van der Waals surface area contributed by atoms with E-state index in [1.54, 1.807) is 12.1 Å². The van der Waals surface area contributed by atoms with Gasteiger partial charge >= 0.3 is 0 Å². The van der Waals surface area contributed by atoms with Crippen molar-refractivity contribution in [3.63, 3.8) is 0 Å². The maximum Gasteiger partial charge on any atom is 0.271 e. The third kappa shape index (κ3) is 8.74. The Bertz CT molecular complexity index is 1340. The molecule has 1 atom stereocenters. The molecule has 1 heterocycles. The zero-order valence-electron chi connectivity index (χ0n) is 22.4. The fourth-order valence-electron chi connectivity index (χ4n) is 4.35. The second-order valence-corrected chi connectivity index (χ2v) is 9.49. The van der Waals surface area contributed by atoms with Crippen LogP contribution in [0.5, 0.6) is 0 Å². The second kappa shape index (κ2) is 15.1. The lowest BCUT2D eigenvalue weighted by atomic mass is 9.98. The minimum absolute atomic E-state index is 0. The molecule has 0 fully saturated rings. The first-order chi connectivity index (χ1) is 19.6. The van der Waals surface area contributed by atoms with Crippen LogP contribution in [0.2, 0.25) is 0 Å². The van der Waals surface area contributed by atoms with Crippen LogP contribution in [-0.4, -0.2) is 48.1 Å². The molecule has 2 aromatic carbocycles. The van der Waals surface area contributed by atoms with Gasteiger partial charge in [0.05, 0.1) is 31.4 Å². The summed E-state index contributed by atoms with van der Waals surface area (Å²) < 4.78 is 0. The number of pyridine rings is 1. The Balaban J connectivity index is 0.00000308. The molecule has 0 saturated carbocycles. The first-order valence-electron chi connectivity index (χ1n) is 13.4. The van der Waals surface area contributed by atoms with Gasteiger partial charge in [-0.2, -0.15) is 0 Å². The molecule has 0 bridgehead atoms. The fraction of sp³-hybridized carbons (Fsp3) is 0.250. The third-order valence-electron chi connectivity index (χ3n) is 6.59. The van der Waals surface area contributed by atoms with E-state index in [-0.39, 0.29) is 27.7 Å². The molecule has 1 aliphatic carbocycles. The molecule has 0 unspecified atom stereocenters. The highest BCUT2D eigenvalue weighted by Gasteiger charge is 2.22. The van der Waals surface area contributed by atoms with Gasteiger partial charge in [0.1, 0.15) is 5.69 Å². The van der Waals surface area contributed by atoms with Crippen molar-refractivity contribution in [2.24, 2.45) is 5.92 Å². The summed E-state index contributed by atoms with van der Waals surface area (Å²) in [6, 6.07) is 24.7. The average molecular weight is 543 g/mol. The van der Waals surface area contributed by atoms with Crippen molar-refractivity contribution in [3.05, 3.63) is 114 Å². The average Bonchev–Trinajstić information content (AvgIpc) is 3.02. The zero-order valence-corrected chi connectivity index (χ0v) is 22.4. The number of aromatic nitrogens is 1. The summed E-state index contributed by atoms with van der Waals surface area (Å²) in [5, 5.41) is 6.68. The quantitative estimate of drug-likeness (QED) is 0.170. The van der Waals surface area contributed by atoms with Gasteiger partial charge in [-0.3, -0.25) is 19.2 Å². The van der Waals surface area contributed by atoms with Gasteiger partial charge in [-0.1, -0.05) is 85.0 Å². The molecular formula is C32H38N4O4. The van der Waals surface area contributed by atoms with Crippen LogP contribution in [0.1, 0.15) is 38.2 Å². The molecule has 0 aliphatic heterocycles. The predicted octanol–water partition coefficient (Wildman–Crippen LogP) is 4.96. The van der Waals surface area contributed by atoms with Gasteiger partial charge in [-0.05, 0) is 49.0 Å². The molecule has 8 heteroatoms. The Morgan fingerprint density at radius 3 is 2.50 bits per heavy atom. The number of allylic oxidation sites excluding steroid dienone is 3. The van der Waals surface area contributed by atoms with Crippen LogP contribution in [0, 0.1) is 5.92 Å². The fourth-order valence-corrected chi connectivity index (χ4v) is 4.35. The summed E-state index contributed by atoms with van der Waals surface area (Å²) in [5.74, 6) is -1.22. The Labute approximate surface area is 237 Å². The van der Waals surface area contributed by atoms with Crippen molar-refractivity contribution in [2.45, 2.75) is 25.7 Å². The maximum absolute atomic E-state index is 13.2. The molecule has 0 saturated heterocycles. The van der Waals surface area contributed by atoms with Crippen molar-refractivity contribution in [3.8, 4) is 11.3 Å². The Morgan fingerprint density at radius 1 is 1.00 bits per heavy atom. The number of nitrogens with zero attached hydrogens (tertiary/aromatic N) is 2. The van der Waals surface area contributed by atoms with Gasteiger partial charge in [0, 0.05) is 8.42 Å². The number of hydroxylamine groups is 2. The number of hydrogen-bond acceptors (Lipinski definition) is 5. The first-order valence-corrected chi connectivity index (χ1v) is 13.4. The molecule has 0 spiro atoms. The maximum atomic E-state index is 13.2. The van der Waals surface area contributed by atoms with E-state index in [9.17, 15) is 14.4 Å². The van der Waals surface area contributed by atoms with E-state index >= 15 is 0 Å². The number of nitrogens with one attached hydrogen (secondary N) is 2. The van der Waals surface area contributed by atoms with Crippen LogP contribution in [0.4, 0.5) is 0 Å². The van der Waals surface area contributed by atoms with Crippen LogP contribution in [0.3, 0.4) is 0 Å². The number of rotatable bonds is 14. The number of aryl methyl sites for hydroxylation is 1. The standard InChI is InChI=1S/C32H34N4O4.2H2/c37-24-36(40-22-26-13-6-2-7-14-26)21-28(20-19-25-11-4-1-5-12-25)31(38)33-23-34-32(39)30-18-10-17-29(35-30)27-15-8-3-9-16-27;;/h1-6,8-13,15-18,24,28H,7,14,19-23H2,(H,33,38)(H,34,39);2*1H/t28-;;/m1../s1. The smallest absolute Gasteiger partial charge is 0.271 e. The summed E-state index contributed by atoms with van der Waals surface area (Å²) in [6.07, 6.45) is 9.63. The van der Waals surface area contributed by atoms with Gasteiger partial charge in [0.2, 0.25) is 12.3 Å². The van der Waals surface area contributed by atoms with Gasteiger partial charge < -0.3 is 10.6 Å². The molecule has 4 rings (SSSR count). The highest BCUT2D eigenvalue weighted by Crippen LogP contribution is 2.17. The van der Waals surface area contributed by atoms with E-state index < -0.39 is 11.8 Å². The number of benzene rings is 2. The summed E-state index contributed by atoms with van der Waals surface area (Å²) in [7, 11) is 0. The van der Waals surface area contributed by atoms with Crippen LogP contribution in [-0.2, 0) is 20.8 Å². The van der Waals surface area contributed by atoms with Gasteiger partial charge in [0.25, 0.3) is 5.91 Å². The molecule has 0 radical (unpaired) electrons. The summed E-state index contributed by atoms with van der Waals surface area (Å²) in [5.41, 5.74) is 4.03. The normalized spacial score (nSPS) is 13.2. The topological polar surface area (TPSA) is 101 Å². The summed E-state index contributed by atoms with van der Waals surface area (Å²) in [4.78, 5) is 47.9. The molecule has 1 aliphatic rings. The van der Waals surface area contributed by atoms with Crippen LogP contribution in [0.25, 0.3) is 11.3 Å². The summed E-state index contributed by atoms with van der Waals surface area (Å²) >= 11 is 0.